The third kappa shape index (κ3) is 44.8. The van der Waals surface area contributed by atoms with Crippen molar-refractivity contribution in [1.82, 2.24) is 0 Å². The normalized spacial score (nSPS) is 14.2. The van der Waals surface area contributed by atoms with Crippen LogP contribution in [0.4, 0.5) is 0 Å². The second-order valence-corrected chi connectivity index (χ2v) is 18.0. The highest BCUT2D eigenvalue weighted by atomic mass is 31.2. The topological polar surface area (TPSA) is 108 Å². The average molecular weight is 849 g/mol. The van der Waals surface area contributed by atoms with Gasteiger partial charge < -0.3 is 18.9 Å². The number of carbonyl (C=O) groups excluding carboxylic acids is 2. The van der Waals surface area contributed by atoms with E-state index < -0.39 is 32.5 Å². The van der Waals surface area contributed by atoms with Crippen LogP contribution >= 0.6 is 7.82 Å². The molecule has 0 saturated heterocycles. The Kier molecular flexibility index (Phi) is 39.1. The Hall–Kier alpha value is -2.55. The second kappa shape index (κ2) is 40.8. The van der Waals surface area contributed by atoms with Gasteiger partial charge in [0, 0.05) is 12.8 Å². The predicted octanol–water partition coefficient (Wildman–Crippen LogP) is 13.4. The van der Waals surface area contributed by atoms with E-state index in [1.54, 1.807) is 0 Å². The van der Waals surface area contributed by atoms with E-state index in [2.05, 4.69) is 32.1 Å². The first-order valence-electron chi connectivity index (χ1n) is 23.2. The van der Waals surface area contributed by atoms with Crippen LogP contribution < -0.4 is 0 Å². The molecule has 0 spiro atoms. The Balaban J connectivity index is 4.33. The quantitative estimate of drug-likeness (QED) is 0.0162. The summed E-state index contributed by atoms with van der Waals surface area (Å²) >= 11 is 0. The van der Waals surface area contributed by atoms with E-state index in [4.69, 9.17) is 18.5 Å². The van der Waals surface area contributed by atoms with Crippen LogP contribution in [0.15, 0.2) is 72.9 Å². The number of allylic oxidation sites excluding steroid dienone is 12. The van der Waals surface area contributed by atoms with Gasteiger partial charge in [-0.25, -0.2) is 4.57 Å². The average Bonchev–Trinajstić information content (AvgIpc) is 3.19. The summed E-state index contributed by atoms with van der Waals surface area (Å²) in [5, 5.41) is 0. The van der Waals surface area contributed by atoms with Gasteiger partial charge in [0.1, 0.15) is 19.8 Å². The first kappa shape index (κ1) is 56.5. The maximum absolute atomic E-state index is 12.6. The molecule has 0 saturated carbocycles. The molecule has 59 heavy (non-hydrogen) atoms. The number of hydrogen-bond donors (Lipinski definition) is 1. The van der Waals surface area contributed by atoms with Crippen LogP contribution in [0, 0.1) is 0 Å². The van der Waals surface area contributed by atoms with Crippen molar-refractivity contribution in [3.63, 3.8) is 0 Å². The minimum atomic E-state index is -4.40. The largest absolute Gasteiger partial charge is 0.472 e. The van der Waals surface area contributed by atoms with Crippen molar-refractivity contribution in [2.24, 2.45) is 0 Å². The molecule has 2 atom stereocenters. The third-order valence-corrected chi connectivity index (χ3v) is 10.6. The number of nitrogens with zero attached hydrogens (tertiary/aromatic N) is 1. The van der Waals surface area contributed by atoms with Crippen molar-refractivity contribution in [1.29, 1.82) is 0 Å². The molecule has 10 heteroatoms. The number of phosphoric acid groups is 1. The number of unbranched alkanes of at least 4 members (excludes halogenated alkanes) is 19. The molecule has 0 aromatic carbocycles. The predicted molar refractivity (Wildman–Crippen MR) is 247 cm³/mol. The summed E-state index contributed by atoms with van der Waals surface area (Å²) in [5.74, 6) is -0.894. The van der Waals surface area contributed by atoms with Crippen molar-refractivity contribution < 1.29 is 42.1 Å². The van der Waals surface area contributed by atoms with Crippen LogP contribution in [0.1, 0.15) is 174 Å². The highest BCUT2D eigenvalue weighted by Crippen LogP contribution is 2.43. The van der Waals surface area contributed by atoms with Gasteiger partial charge >= 0.3 is 19.8 Å². The fourth-order valence-electron chi connectivity index (χ4n) is 5.98. The summed E-state index contributed by atoms with van der Waals surface area (Å²) < 4.78 is 34.2. The summed E-state index contributed by atoms with van der Waals surface area (Å²) in [6.45, 7) is 4.18. The van der Waals surface area contributed by atoms with E-state index in [0.717, 1.165) is 38.5 Å². The number of carbonyl (C=O) groups is 2. The molecule has 2 unspecified atom stereocenters. The molecule has 1 N–H and O–H groups in total. The van der Waals surface area contributed by atoms with Crippen molar-refractivity contribution in [2.75, 3.05) is 47.5 Å². The van der Waals surface area contributed by atoms with Gasteiger partial charge in [0.05, 0.1) is 27.7 Å². The van der Waals surface area contributed by atoms with Gasteiger partial charge in [-0.15, -0.1) is 0 Å². The minimum absolute atomic E-state index is 0.0142. The van der Waals surface area contributed by atoms with Crippen LogP contribution in [0.5, 0.6) is 0 Å². The van der Waals surface area contributed by atoms with E-state index in [1.165, 1.54) is 96.3 Å². The van der Waals surface area contributed by atoms with E-state index in [-0.39, 0.29) is 26.1 Å². The van der Waals surface area contributed by atoms with Gasteiger partial charge in [0.2, 0.25) is 0 Å². The molecule has 0 aromatic rings. The third-order valence-electron chi connectivity index (χ3n) is 9.60. The van der Waals surface area contributed by atoms with Gasteiger partial charge in [0.15, 0.2) is 6.10 Å². The molecule has 0 rings (SSSR count). The Bertz CT molecular complexity index is 1230. The van der Waals surface area contributed by atoms with Crippen molar-refractivity contribution in [3.8, 4) is 0 Å². The first-order chi connectivity index (χ1) is 28.5. The lowest BCUT2D eigenvalue weighted by molar-refractivity contribution is -0.870. The molecule has 0 amide bonds. The molecule has 0 aliphatic heterocycles. The lowest BCUT2D eigenvalue weighted by Crippen LogP contribution is -2.37. The molecule has 0 radical (unpaired) electrons. The van der Waals surface area contributed by atoms with Crippen LogP contribution in [0.3, 0.4) is 0 Å². The van der Waals surface area contributed by atoms with E-state index in [1.807, 2.05) is 75.8 Å². The molecule has 340 valence electrons. The van der Waals surface area contributed by atoms with Gasteiger partial charge in [-0.1, -0.05) is 183 Å². The number of ether oxygens (including phenoxy) is 2. The zero-order valence-corrected chi connectivity index (χ0v) is 39.1. The number of quaternary nitrogens is 1. The summed E-state index contributed by atoms with van der Waals surface area (Å²) in [5.41, 5.74) is 0. The number of rotatable bonds is 41. The molecule has 0 aliphatic carbocycles. The lowest BCUT2D eigenvalue weighted by Gasteiger charge is -2.24. The molecule has 0 aromatic heterocycles. The Labute approximate surface area is 361 Å². The summed E-state index contributed by atoms with van der Waals surface area (Å²) in [6.07, 6.45) is 51.2. The SMILES string of the molecule is CC/C=C/C=C/C=C/C=C/C=C/CCCC(=O)OC(COC(=O)CCCCCCCCC/C=C/CCCCCCCCCCCCC)COP(=O)(O)OCC[N+](C)(C)C. The Morgan fingerprint density at radius 3 is 1.53 bits per heavy atom. The highest BCUT2D eigenvalue weighted by Gasteiger charge is 2.27. The Morgan fingerprint density at radius 1 is 0.542 bits per heavy atom. The molecule has 0 fully saturated rings. The highest BCUT2D eigenvalue weighted by molar-refractivity contribution is 7.47. The van der Waals surface area contributed by atoms with Crippen molar-refractivity contribution in [3.05, 3.63) is 72.9 Å². The molecule has 9 nitrogen and oxygen atoms in total. The number of likely N-dealkylation sites (N-methyl/N-ethyl adjacent to an activating group) is 1. The van der Waals surface area contributed by atoms with Gasteiger partial charge in [-0.2, -0.15) is 0 Å². The Morgan fingerprint density at radius 2 is 1.00 bits per heavy atom. The van der Waals surface area contributed by atoms with Crippen LogP contribution in [-0.4, -0.2) is 74.9 Å². The number of hydrogen-bond acceptors (Lipinski definition) is 7. The molecular formula is C49H87NO8P+. The van der Waals surface area contributed by atoms with E-state index in [0.29, 0.717) is 23.9 Å². The van der Waals surface area contributed by atoms with Crippen LogP contribution in [-0.2, 0) is 32.7 Å². The van der Waals surface area contributed by atoms with Crippen LogP contribution in [0.2, 0.25) is 0 Å². The van der Waals surface area contributed by atoms with E-state index >= 15 is 0 Å². The maximum Gasteiger partial charge on any atom is 0.472 e. The van der Waals surface area contributed by atoms with Crippen LogP contribution in [0.25, 0.3) is 0 Å². The van der Waals surface area contributed by atoms with Crippen molar-refractivity contribution in [2.45, 2.75) is 180 Å². The van der Waals surface area contributed by atoms with Crippen molar-refractivity contribution >= 4 is 19.8 Å². The fraction of sp³-hybridized carbons (Fsp3) is 0.714. The summed E-state index contributed by atoms with van der Waals surface area (Å²) in [6, 6.07) is 0. The monoisotopic (exact) mass is 849 g/mol. The number of esters is 2. The zero-order chi connectivity index (χ0) is 43.6. The van der Waals surface area contributed by atoms with Gasteiger partial charge in [0.25, 0.3) is 0 Å². The standard InChI is InChI=1S/C49H86NO8P/c1-6-8-10-12-14-16-18-20-21-22-23-24-25-26-27-28-30-31-33-35-37-39-41-48(51)55-45-47(46-57-59(53,54)56-44-43-50(3,4)5)58-49(52)42-40-38-36-34-32-29-19-17-15-13-11-9-7-2/h9,11,13,15,17,19,25-26,29,32,34,36,47H,6-8,10,12,14,16,18,20-24,27-28,30-31,33,35,37-46H2,1-5H3/p+1/b11-9+,15-13+,19-17+,26-25+,32-29+,36-34+. The molecular weight excluding hydrogens is 762 g/mol. The second-order valence-electron chi connectivity index (χ2n) is 16.5. The summed E-state index contributed by atoms with van der Waals surface area (Å²) in [4.78, 5) is 35.3. The summed E-state index contributed by atoms with van der Waals surface area (Å²) in [7, 11) is 1.42. The number of phosphoric ester groups is 1. The lowest BCUT2D eigenvalue weighted by atomic mass is 10.0. The maximum atomic E-state index is 12.6. The van der Waals surface area contributed by atoms with E-state index in [9.17, 15) is 19.0 Å². The fourth-order valence-corrected chi connectivity index (χ4v) is 6.72. The van der Waals surface area contributed by atoms with Gasteiger partial charge in [-0.05, 0) is 51.4 Å². The first-order valence-corrected chi connectivity index (χ1v) is 24.7. The molecule has 0 aliphatic rings. The molecule has 0 bridgehead atoms. The smallest absolute Gasteiger partial charge is 0.462 e. The minimum Gasteiger partial charge on any atom is -0.462 e. The zero-order valence-electron chi connectivity index (χ0n) is 38.2. The molecule has 0 heterocycles. The van der Waals surface area contributed by atoms with Gasteiger partial charge in [-0.3, -0.25) is 18.6 Å².